The molecule has 0 aliphatic carbocycles. The summed E-state index contributed by atoms with van der Waals surface area (Å²) in [4.78, 5) is 0. The van der Waals surface area contributed by atoms with Gasteiger partial charge in [-0.15, -0.1) is 6.07 Å². The zero-order valence-corrected chi connectivity index (χ0v) is 9.10. The van der Waals surface area contributed by atoms with Crippen molar-refractivity contribution in [2.24, 2.45) is 0 Å². The maximum atomic E-state index is 5.01. The van der Waals surface area contributed by atoms with Crippen LogP contribution in [0.4, 0.5) is 0 Å². The molecule has 1 radical (unpaired) electrons. The van der Waals surface area contributed by atoms with Gasteiger partial charge in [-0.3, -0.25) is 0 Å². The third-order valence-corrected chi connectivity index (χ3v) is 1.30. The predicted octanol–water partition coefficient (Wildman–Crippen LogP) is 2.42. The van der Waals surface area contributed by atoms with Gasteiger partial charge in [0.15, 0.2) is 0 Å². The summed E-state index contributed by atoms with van der Waals surface area (Å²) in [5.74, 6) is 1.05. The van der Waals surface area contributed by atoms with E-state index in [-0.39, 0.29) is 32.7 Å². The first kappa shape index (κ1) is 10.4. The summed E-state index contributed by atoms with van der Waals surface area (Å²) in [6.07, 6.45) is 6.15. The van der Waals surface area contributed by atoms with Crippen molar-refractivity contribution in [3.05, 3.63) is 24.2 Å². The minimum Gasteiger partial charge on any atom is -0.596 e. The number of hydrogen-bond donors (Lipinski definition) is 0. The van der Waals surface area contributed by atoms with E-state index in [1.165, 1.54) is 12.8 Å². The van der Waals surface area contributed by atoms with Crippen molar-refractivity contribution in [3.8, 4) is 0 Å². The number of furan rings is 1. The molecule has 0 bridgehead atoms. The maximum absolute atomic E-state index is 5.01. The van der Waals surface area contributed by atoms with Crippen molar-refractivity contribution in [2.45, 2.75) is 26.2 Å². The largest absolute Gasteiger partial charge is 0.596 e. The molecular formula is C8H11OY-. The van der Waals surface area contributed by atoms with Gasteiger partial charge in [-0.2, -0.15) is 6.07 Å². The van der Waals surface area contributed by atoms with Crippen LogP contribution in [0.2, 0.25) is 0 Å². The molecule has 0 aliphatic rings. The molecule has 0 N–H and O–H groups in total. The first-order chi connectivity index (χ1) is 4.43. The van der Waals surface area contributed by atoms with Crippen molar-refractivity contribution in [3.63, 3.8) is 0 Å². The Morgan fingerprint density at radius 1 is 1.60 bits per heavy atom. The van der Waals surface area contributed by atoms with E-state index in [2.05, 4.69) is 13.2 Å². The molecule has 2 heteroatoms. The Morgan fingerprint density at radius 3 is 2.90 bits per heavy atom. The van der Waals surface area contributed by atoms with Crippen molar-refractivity contribution in [1.29, 1.82) is 0 Å². The van der Waals surface area contributed by atoms with Gasteiger partial charge in [0, 0.05) is 32.7 Å². The van der Waals surface area contributed by atoms with Crippen LogP contribution >= 0.6 is 0 Å². The summed E-state index contributed by atoms with van der Waals surface area (Å²) in [5, 5.41) is 0. The SMILES string of the molecule is CCCCc1cc[c-]o1.[Y]. The van der Waals surface area contributed by atoms with Crippen LogP contribution in [0, 0.1) is 6.26 Å². The van der Waals surface area contributed by atoms with Crippen LogP contribution < -0.4 is 0 Å². The van der Waals surface area contributed by atoms with Crippen LogP contribution in [0.5, 0.6) is 0 Å². The second-order valence-corrected chi connectivity index (χ2v) is 2.12. The Kier molecular flexibility index (Phi) is 6.35. The fraction of sp³-hybridized carbons (Fsp3) is 0.500. The van der Waals surface area contributed by atoms with Crippen LogP contribution in [0.15, 0.2) is 16.5 Å². The monoisotopic (exact) mass is 212 g/mol. The predicted molar refractivity (Wildman–Crippen MR) is 36.2 cm³/mol. The van der Waals surface area contributed by atoms with E-state index < -0.39 is 0 Å². The summed E-state index contributed by atoms with van der Waals surface area (Å²) in [6.45, 7) is 2.17. The van der Waals surface area contributed by atoms with E-state index in [0.717, 1.165) is 12.2 Å². The maximum Gasteiger partial charge on any atom is 0 e. The van der Waals surface area contributed by atoms with E-state index in [1.807, 2.05) is 12.1 Å². The number of hydrogen-bond acceptors (Lipinski definition) is 1. The van der Waals surface area contributed by atoms with E-state index in [4.69, 9.17) is 4.42 Å². The average molecular weight is 212 g/mol. The Hall–Kier alpha value is 0.384. The molecule has 1 heterocycles. The van der Waals surface area contributed by atoms with Gasteiger partial charge in [0.25, 0.3) is 0 Å². The van der Waals surface area contributed by atoms with Gasteiger partial charge in [-0.1, -0.05) is 31.9 Å². The van der Waals surface area contributed by atoms with Crippen molar-refractivity contribution in [2.75, 3.05) is 0 Å². The van der Waals surface area contributed by atoms with Gasteiger partial charge in [0.2, 0.25) is 0 Å². The zero-order valence-electron chi connectivity index (χ0n) is 6.26. The van der Waals surface area contributed by atoms with Gasteiger partial charge < -0.3 is 4.42 Å². The Morgan fingerprint density at radius 2 is 2.40 bits per heavy atom. The second-order valence-electron chi connectivity index (χ2n) is 2.12. The minimum atomic E-state index is 0. The van der Waals surface area contributed by atoms with Crippen molar-refractivity contribution in [1.82, 2.24) is 0 Å². The molecule has 1 nitrogen and oxygen atoms in total. The first-order valence-electron chi connectivity index (χ1n) is 3.38. The summed E-state index contributed by atoms with van der Waals surface area (Å²) in [7, 11) is 0. The molecule has 1 aromatic heterocycles. The fourth-order valence-corrected chi connectivity index (χ4v) is 0.756. The van der Waals surface area contributed by atoms with Gasteiger partial charge in [0.05, 0.1) is 0 Å². The van der Waals surface area contributed by atoms with E-state index in [1.54, 1.807) is 0 Å². The smallest absolute Gasteiger partial charge is 0 e. The van der Waals surface area contributed by atoms with Gasteiger partial charge in [-0.25, -0.2) is 0 Å². The molecule has 0 atom stereocenters. The quantitative estimate of drug-likeness (QED) is 0.701. The molecular weight excluding hydrogens is 201 g/mol. The van der Waals surface area contributed by atoms with Gasteiger partial charge >= 0.3 is 0 Å². The summed E-state index contributed by atoms with van der Waals surface area (Å²) >= 11 is 0. The second kappa shape index (κ2) is 6.12. The molecule has 0 amide bonds. The molecule has 53 valence electrons. The number of unbranched alkanes of at least 4 members (excludes halogenated alkanes) is 1. The Balaban J connectivity index is 0.000000810. The molecule has 1 rings (SSSR count). The summed E-state index contributed by atoms with van der Waals surface area (Å²) in [5.41, 5.74) is 0. The first-order valence-corrected chi connectivity index (χ1v) is 3.38. The molecule has 0 unspecified atom stereocenters. The van der Waals surface area contributed by atoms with Gasteiger partial charge in [0.1, 0.15) is 0 Å². The molecule has 0 saturated carbocycles. The van der Waals surface area contributed by atoms with Gasteiger partial charge in [-0.05, 0) is 6.26 Å². The van der Waals surface area contributed by atoms with Crippen LogP contribution in [-0.2, 0) is 39.1 Å². The van der Waals surface area contributed by atoms with Crippen LogP contribution in [0.3, 0.4) is 0 Å². The minimum absolute atomic E-state index is 0. The van der Waals surface area contributed by atoms with Crippen molar-refractivity contribution >= 4 is 0 Å². The molecule has 0 aliphatic heterocycles. The molecule has 0 aromatic carbocycles. The molecule has 1 aromatic rings. The third kappa shape index (κ3) is 3.53. The third-order valence-electron chi connectivity index (χ3n) is 1.30. The van der Waals surface area contributed by atoms with Crippen molar-refractivity contribution < 1.29 is 37.1 Å². The summed E-state index contributed by atoms with van der Waals surface area (Å²) < 4.78 is 5.01. The Labute approximate surface area is 87.1 Å². The molecule has 0 saturated heterocycles. The fourth-order valence-electron chi connectivity index (χ4n) is 0.756. The molecule has 10 heavy (non-hydrogen) atoms. The molecule has 0 spiro atoms. The van der Waals surface area contributed by atoms with Crippen LogP contribution in [0.1, 0.15) is 25.5 Å². The topological polar surface area (TPSA) is 13.1 Å². The normalized spacial score (nSPS) is 8.90. The number of rotatable bonds is 3. The van der Waals surface area contributed by atoms with E-state index in [9.17, 15) is 0 Å². The summed E-state index contributed by atoms with van der Waals surface area (Å²) in [6, 6.07) is 3.78. The van der Waals surface area contributed by atoms with Crippen LogP contribution in [0.25, 0.3) is 0 Å². The zero-order chi connectivity index (χ0) is 6.53. The molecule has 0 fully saturated rings. The Bertz CT molecular complexity index is 146. The van der Waals surface area contributed by atoms with Crippen LogP contribution in [-0.4, -0.2) is 0 Å². The standard InChI is InChI=1S/C8H11O.Y/c1-2-3-5-8-6-4-7-9-8;/h4,6H,2-3,5H2,1H3;/q-1;. The average Bonchev–Trinajstić information content (AvgIpc) is 2.34. The number of aryl methyl sites for hydroxylation is 1. The van der Waals surface area contributed by atoms with E-state index in [0.29, 0.717) is 0 Å². The van der Waals surface area contributed by atoms with E-state index >= 15 is 0 Å².